The first-order valence-electron chi connectivity index (χ1n) is 7.87. The molecule has 0 aliphatic carbocycles. The number of likely N-dealkylation sites (tertiary alicyclic amines) is 1. The van der Waals surface area contributed by atoms with E-state index in [1.54, 1.807) is 30.3 Å². The Morgan fingerprint density at radius 2 is 2.00 bits per heavy atom. The molecule has 0 spiro atoms. The van der Waals surface area contributed by atoms with Crippen molar-refractivity contribution in [2.75, 3.05) is 25.0 Å². The third kappa shape index (κ3) is 3.56. The van der Waals surface area contributed by atoms with Crippen LogP contribution in [-0.4, -0.2) is 50.6 Å². The standard InChI is InChI=1S/C16H22N6O/c1-20(14-3-7-17-12-19-14)13-5-9-22(10-6-13)11-15-18-8-4-16(23)21(15)2/h3-4,7-8,12-13H,5-6,9-11H2,1-2H3. The lowest BCUT2D eigenvalue weighted by Crippen LogP contribution is -2.44. The summed E-state index contributed by atoms with van der Waals surface area (Å²) in [6.45, 7) is 2.70. The number of nitrogens with zero attached hydrogens (tertiary/aromatic N) is 6. The molecule has 3 rings (SSSR count). The summed E-state index contributed by atoms with van der Waals surface area (Å²) in [5.74, 6) is 1.78. The zero-order valence-corrected chi connectivity index (χ0v) is 13.6. The largest absolute Gasteiger partial charge is 0.356 e. The highest BCUT2D eigenvalue weighted by Crippen LogP contribution is 2.20. The SMILES string of the molecule is CN(c1ccncn1)C1CCN(Cc2nccc(=O)n2C)CC1. The summed E-state index contributed by atoms with van der Waals surface area (Å²) in [7, 11) is 3.87. The predicted molar refractivity (Wildman–Crippen MR) is 88.2 cm³/mol. The van der Waals surface area contributed by atoms with Crippen molar-refractivity contribution in [3.05, 3.63) is 47.0 Å². The number of rotatable bonds is 4. The van der Waals surface area contributed by atoms with E-state index in [1.165, 1.54) is 6.07 Å². The number of hydrogen-bond donors (Lipinski definition) is 0. The molecule has 7 heteroatoms. The summed E-state index contributed by atoms with van der Waals surface area (Å²) < 4.78 is 1.62. The summed E-state index contributed by atoms with van der Waals surface area (Å²) in [5, 5.41) is 0. The smallest absolute Gasteiger partial charge is 0.253 e. The van der Waals surface area contributed by atoms with Gasteiger partial charge in [-0.3, -0.25) is 14.3 Å². The van der Waals surface area contributed by atoms with Gasteiger partial charge in [0.1, 0.15) is 18.0 Å². The van der Waals surface area contributed by atoms with Crippen LogP contribution in [0, 0.1) is 0 Å². The Kier molecular flexibility index (Phi) is 4.66. The van der Waals surface area contributed by atoms with Crippen LogP contribution in [0.15, 0.2) is 35.6 Å². The molecule has 0 aromatic carbocycles. The van der Waals surface area contributed by atoms with Gasteiger partial charge in [0.05, 0.1) is 6.54 Å². The minimum Gasteiger partial charge on any atom is -0.356 e. The molecule has 0 atom stereocenters. The van der Waals surface area contributed by atoms with Crippen LogP contribution in [-0.2, 0) is 13.6 Å². The summed E-state index contributed by atoms with van der Waals surface area (Å²) in [5.41, 5.74) is -0.00613. The van der Waals surface area contributed by atoms with E-state index in [0.29, 0.717) is 6.04 Å². The van der Waals surface area contributed by atoms with Crippen molar-refractivity contribution in [2.24, 2.45) is 7.05 Å². The van der Waals surface area contributed by atoms with Crippen LogP contribution in [0.25, 0.3) is 0 Å². The van der Waals surface area contributed by atoms with E-state index in [9.17, 15) is 4.79 Å². The van der Waals surface area contributed by atoms with Crippen molar-refractivity contribution in [2.45, 2.75) is 25.4 Å². The van der Waals surface area contributed by atoms with Gasteiger partial charge >= 0.3 is 0 Å². The number of hydrogen-bond acceptors (Lipinski definition) is 6. The maximum atomic E-state index is 11.7. The topological polar surface area (TPSA) is 67.2 Å². The van der Waals surface area contributed by atoms with E-state index < -0.39 is 0 Å². The Bertz CT molecular complexity index is 693. The second-order valence-corrected chi connectivity index (χ2v) is 5.94. The summed E-state index contributed by atoms with van der Waals surface area (Å²) >= 11 is 0. The fourth-order valence-electron chi connectivity index (χ4n) is 3.00. The number of aromatic nitrogens is 4. The Balaban J connectivity index is 1.58. The molecule has 0 unspecified atom stereocenters. The molecule has 3 heterocycles. The maximum Gasteiger partial charge on any atom is 0.253 e. The highest BCUT2D eigenvalue weighted by atomic mass is 16.1. The highest BCUT2D eigenvalue weighted by Gasteiger charge is 2.23. The molecule has 1 aliphatic heterocycles. The predicted octanol–water partition coefficient (Wildman–Crippen LogP) is 0.671. The van der Waals surface area contributed by atoms with Crippen molar-refractivity contribution < 1.29 is 0 Å². The average Bonchev–Trinajstić information content (AvgIpc) is 2.60. The minimum atomic E-state index is -0.00613. The lowest BCUT2D eigenvalue weighted by atomic mass is 10.0. The van der Waals surface area contributed by atoms with Crippen LogP contribution >= 0.6 is 0 Å². The van der Waals surface area contributed by atoms with Gasteiger partial charge in [-0.2, -0.15) is 0 Å². The van der Waals surface area contributed by atoms with Crippen LogP contribution in [0.2, 0.25) is 0 Å². The molecule has 2 aromatic heterocycles. The molecule has 0 N–H and O–H groups in total. The molecule has 2 aromatic rings. The van der Waals surface area contributed by atoms with E-state index in [0.717, 1.165) is 44.1 Å². The van der Waals surface area contributed by atoms with Crippen LogP contribution < -0.4 is 10.5 Å². The summed E-state index contributed by atoms with van der Waals surface area (Å²) in [6, 6.07) is 3.91. The van der Waals surface area contributed by atoms with Gasteiger partial charge in [0.25, 0.3) is 5.56 Å². The maximum absolute atomic E-state index is 11.7. The molecule has 23 heavy (non-hydrogen) atoms. The number of piperidine rings is 1. The molecule has 0 saturated carbocycles. The van der Waals surface area contributed by atoms with Crippen molar-refractivity contribution in [1.29, 1.82) is 0 Å². The molecule has 122 valence electrons. The Labute approximate surface area is 135 Å². The fourth-order valence-corrected chi connectivity index (χ4v) is 3.00. The van der Waals surface area contributed by atoms with Crippen molar-refractivity contribution in [3.63, 3.8) is 0 Å². The third-order valence-electron chi connectivity index (χ3n) is 4.56. The first kappa shape index (κ1) is 15.6. The van der Waals surface area contributed by atoms with Crippen LogP contribution in [0.3, 0.4) is 0 Å². The van der Waals surface area contributed by atoms with E-state index in [2.05, 4.69) is 31.8 Å². The van der Waals surface area contributed by atoms with E-state index in [4.69, 9.17) is 0 Å². The first-order valence-corrected chi connectivity index (χ1v) is 7.87. The second kappa shape index (κ2) is 6.87. The monoisotopic (exact) mass is 314 g/mol. The fraction of sp³-hybridized carbons (Fsp3) is 0.500. The Morgan fingerprint density at radius 3 is 2.70 bits per heavy atom. The minimum absolute atomic E-state index is 0.00613. The molecule has 0 bridgehead atoms. The van der Waals surface area contributed by atoms with Crippen molar-refractivity contribution >= 4 is 5.82 Å². The lowest BCUT2D eigenvalue weighted by Gasteiger charge is -2.37. The van der Waals surface area contributed by atoms with Crippen molar-refractivity contribution in [3.8, 4) is 0 Å². The van der Waals surface area contributed by atoms with Gasteiger partial charge in [0.2, 0.25) is 0 Å². The molecule has 0 radical (unpaired) electrons. The van der Waals surface area contributed by atoms with Crippen molar-refractivity contribution in [1.82, 2.24) is 24.4 Å². The van der Waals surface area contributed by atoms with Gasteiger partial charge in [-0.05, 0) is 18.9 Å². The zero-order chi connectivity index (χ0) is 16.2. The molecule has 1 fully saturated rings. The van der Waals surface area contributed by atoms with Crippen LogP contribution in [0.1, 0.15) is 18.7 Å². The second-order valence-electron chi connectivity index (χ2n) is 5.94. The molecule has 1 saturated heterocycles. The van der Waals surface area contributed by atoms with Gasteiger partial charge in [0.15, 0.2) is 0 Å². The van der Waals surface area contributed by atoms with Crippen LogP contribution in [0.5, 0.6) is 0 Å². The summed E-state index contributed by atoms with van der Waals surface area (Å²) in [4.78, 5) is 28.9. The highest BCUT2D eigenvalue weighted by molar-refractivity contribution is 5.36. The Morgan fingerprint density at radius 1 is 1.22 bits per heavy atom. The lowest BCUT2D eigenvalue weighted by molar-refractivity contribution is 0.196. The van der Waals surface area contributed by atoms with Gasteiger partial charge in [-0.15, -0.1) is 0 Å². The van der Waals surface area contributed by atoms with Gasteiger partial charge in [0, 0.05) is 51.7 Å². The van der Waals surface area contributed by atoms with Gasteiger partial charge in [-0.25, -0.2) is 15.0 Å². The summed E-state index contributed by atoms with van der Waals surface area (Å²) in [6.07, 6.45) is 7.09. The molecule has 1 aliphatic rings. The van der Waals surface area contributed by atoms with E-state index >= 15 is 0 Å². The van der Waals surface area contributed by atoms with E-state index in [-0.39, 0.29) is 5.56 Å². The van der Waals surface area contributed by atoms with Gasteiger partial charge < -0.3 is 4.90 Å². The quantitative estimate of drug-likeness (QED) is 0.826. The molecule has 7 nitrogen and oxygen atoms in total. The Hall–Kier alpha value is -2.28. The van der Waals surface area contributed by atoms with E-state index in [1.807, 2.05) is 6.07 Å². The number of anilines is 1. The first-order chi connectivity index (χ1) is 11.1. The molecular weight excluding hydrogens is 292 g/mol. The normalized spacial score (nSPS) is 16.4. The zero-order valence-electron chi connectivity index (χ0n) is 13.6. The third-order valence-corrected chi connectivity index (χ3v) is 4.56. The van der Waals surface area contributed by atoms with Gasteiger partial charge in [-0.1, -0.05) is 0 Å². The molecule has 0 amide bonds. The molecular formula is C16H22N6O. The average molecular weight is 314 g/mol. The van der Waals surface area contributed by atoms with Crippen LogP contribution in [0.4, 0.5) is 5.82 Å².